The van der Waals surface area contributed by atoms with Crippen molar-refractivity contribution >= 4 is 17.2 Å². The van der Waals surface area contributed by atoms with E-state index < -0.39 is 0 Å². The van der Waals surface area contributed by atoms with Crippen LogP contribution >= 0.6 is 11.3 Å². The van der Waals surface area contributed by atoms with Crippen molar-refractivity contribution in [2.75, 3.05) is 26.3 Å². The summed E-state index contributed by atoms with van der Waals surface area (Å²) in [5, 5.41) is 10.7. The molecule has 2 heterocycles. The van der Waals surface area contributed by atoms with Crippen LogP contribution in [0.5, 0.6) is 0 Å². The van der Waals surface area contributed by atoms with Crippen LogP contribution < -0.4 is 0 Å². The van der Waals surface area contributed by atoms with Crippen LogP contribution in [0.2, 0.25) is 0 Å². The summed E-state index contributed by atoms with van der Waals surface area (Å²) < 4.78 is 5.48. The maximum absolute atomic E-state index is 12.0. The number of thiophene rings is 1. The maximum Gasteiger partial charge on any atom is 0.227 e. The Balaban J connectivity index is 1.73. The second kappa shape index (κ2) is 6.87. The van der Waals surface area contributed by atoms with E-state index in [0.717, 1.165) is 30.8 Å². The summed E-state index contributed by atoms with van der Waals surface area (Å²) in [7, 11) is 0. The van der Waals surface area contributed by atoms with Gasteiger partial charge in [-0.1, -0.05) is 6.07 Å². The number of piperidine rings is 1. The molecule has 1 aliphatic rings. The smallest absolute Gasteiger partial charge is 0.227 e. The fourth-order valence-electron chi connectivity index (χ4n) is 2.17. The minimum absolute atomic E-state index is 0.0670. The quantitative estimate of drug-likeness (QED) is 0.876. The number of aliphatic hydroxyl groups is 1. The number of carbonyl (C=O) groups is 1. The first-order chi connectivity index (χ1) is 8.79. The predicted molar refractivity (Wildman–Crippen MR) is 70.7 cm³/mol. The average Bonchev–Trinajstić information content (AvgIpc) is 2.89. The van der Waals surface area contributed by atoms with Gasteiger partial charge in [-0.3, -0.25) is 4.79 Å². The first-order valence-corrected chi connectivity index (χ1v) is 7.20. The Labute approximate surface area is 111 Å². The molecule has 1 N–H and O–H groups in total. The highest BCUT2D eigenvalue weighted by Gasteiger charge is 2.23. The lowest BCUT2D eigenvalue weighted by Crippen LogP contribution is -2.41. The van der Waals surface area contributed by atoms with Gasteiger partial charge >= 0.3 is 0 Å². The van der Waals surface area contributed by atoms with Crippen LogP contribution in [0.25, 0.3) is 0 Å². The van der Waals surface area contributed by atoms with Gasteiger partial charge in [0, 0.05) is 18.0 Å². The lowest BCUT2D eigenvalue weighted by molar-refractivity contribution is -0.133. The van der Waals surface area contributed by atoms with Gasteiger partial charge in [-0.25, -0.2) is 0 Å². The van der Waals surface area contributed by atoms with E-state index in [2.05, 4.69) is 0 Å². The molecule has 0 saturated carbocycles. The van der Waals surface area contributed by atoms with E-state index in [1.807, 2.05) is 22.4 Å². The molecule has 0 bridgehead atoms. The van der Waals surface area contributed by atoms with Crippen molar-refractivity contribution in [3.8, 4) is 0 Å². The largest absolute Gasteiger partial charge is 0.394 e. The molecule has 2 rings (SSSR count). The number of carbonyl (C=O) groups excluding carboxylic acids is 1. The molecule has 5 heteroatoms. The highest BCUT2D eigenvalue weighted by Crippen LogP contribution is 2.16. The molecule has 1 saturated heterocycles. The zero-order valence-corrected chi connectivity index (χ0v) is 11.2. The Bertz CT molecular complexity index is 358. The van der Waals surface area contributed by atoms with Gasteiger partial charge in [0.2, 0.25) is 5.91 Å². The number of hydrogen-bond donors (Lipinski definition) is 1. The standard InChI is InChI=1S/C13H19NO3S/c15-7-8-17-11-3-5-14(6-4-11)13(16)10-12-2-1-9-18-12/h1-2,9,11,15H,3-8,10H2. The van der Waals surface area contributed by atoms with Crippen LogP contribution in [0.1, 0.15) is 17.7 Å². The van der Waals surface area contributed by atoms with Crippen molar-refractivity contribution in [3.05, 3.63) is 22.4 Å². The summed E-state index contributed by atoms with van der Waals surface area (Å²) in [6.45, 7) is 1.99. The molecule has 18 heavy (non-hydrogen) atoms. The molecule has 1 amide bonds. The van der Waals surface area contributed by atoms with Gasteiger partial charge in [0.25, 0.3) is 0 Å². The first-order valence-electron chi connectivity index (χ1n) is 6.32. The SMILES string of the molecule is O=C(Cc1cccs1)N1CCC(OCCO)CC1. The molecule has 1 fully saturated rings. The number of likely N-dealkylation sites (tertiary alicyclic amines) is 1. The Morgan fingerprint density at radius 2 is 2.28 bits per heavy atom. The summed E-state index contributed by atoms with van der Waals surface area (Å²) in [6.07, 6.45) is 2.45. The summed E-state index contributed by atoms with van der Waals surface area (Å²) in [5.74, 6) is 0.207. The molecule has 0 unspecified atom stereocenters. The van der Waals surface area contributed by atoms with Crippen molar-refractivity contribution in [1.82, 2.24) is 4.90 Å². The third kappa shape index (κ3) is 3.80. The summed E-state index contributed by atoms with van der Waals surface area (Å²) in [6, 6.07) is 3.97. The van der Waals surface area contributed by atoms with Crippen molar-refractivity contribution in [3.63, 3.8) is 0 Å². The number of amides is 1. The third-order valence-electron chi connectivity index (χ3n) is 3.15. The predicted octanol–water partition coefficient (Wildman–Crippen LogP) is 1.29. The van der Waals surface area contributed by atoms with Crippen molar-refractivity contribution in [2.24, 2.45) is 0 Å². The third-order valence-corrected chi connectivity index (χ3v) is 4.02. The minimum atomic E-state index is 0.0670. The van der Waals surface area contributed by atoms with E-state index in [9.17, 15) is 4.79 Å². The van der Waals surface area contributed by atoms with E-state index >= 15 is 0 Å². The zero-order valence-electron chi connectivity index (χ0n) is 10.4. The Hall–Kier alpha value is -0.910. The van der Waals surface area contributed by atoms with Gasteiger partial charge < -0.3 is 14.7 Å². The van der Waals surface area contributed by atoms with Gasteiger partial charge in [0.05, 0.1) is 25.7 Å². The lowest BCUT2D eigenvalue weighted by Gasteiger charge is -2.31. The van der Waals surface area contributed by atoms with Gasteiger partial charge in [0.15, 0.2) is 0 Å². The normalized spacial score (nSPS) is 17.1. The van der Waals surface area contributed by atoms with Crippen molar-refractivity contribution in [2.45, 2.75) is 25.4 Å². The second-order valence-electron chi connectivity index (χ2n) is 4.43. The summed E-state index contributed by atoms with van der Waals surface area (Å²) in [5.41, 5.74) is 0. The summed E-state index contributed by atoms with van der Waals surface area (Å²) in [4.78, 5) is 15.1. The average molecular weight is 269 g/mol. The minimum Gasteiger partial charge on any atom is -0.394 e. The zero-order chi connectivity index (χ0) is 12.8. The van der Waals surface area contributed by atoms with Crippen LogP contribution in [0.15, 0.2) is 17.5 Å². The number of rotatable bonds is 5. The first kappa shape index (κ1) is 13.5. The number of ether oxygens (including phenoxy) is 1. The molecule has 1 aromatic heterocycles. The molecule has 0 atom stereocenters. The fraction of sp³-hybridized carbons (Fsp3) is 0.615. The van der Waals surface area contributed by atoms with Gasteiger partial charge in [-0.15, -0.1) is 11.3 Å². The molecule has 4 nitrogen and oxygen atoms in total. The number of hydrogen-bond acceptors (Lipinski definition) is 4. The van der Waals surface area contributed by atoms with Crippen LogP contribution in [0.4, 0.5) is 0 Å². The molecule has 1 aromatic rings. The van der Waals surface area contributed by atoms with Gasteiger partial charge in [-0.2, -0.15) is 0 Å². The van der Waals surface area contributed by atoms with Crippen LogP contribution in [-0.2, 0) is 16.0 Å². The van der Waals surface area contributed by atoms with E-state index in [1.165, 1.54) is 0 Å². The van der Waals surface area contributed by atoms with E-state index in [-0.39, 0.29) is 18.6 Å². The highest BCUT2D eigenvalue weighted by molar-refractivity contribution is 7.10. The Morgan fingerprint density at radius 3 is 2.89 bits per heavy atom. The van der Waals surface area contributed by atoms with E-state index in [4.69, 9.17) is 9.84 Å². The van der Waals surface area contributed by atoms with E-state index in [1.54, 1.807) is 11.3 Å². The van der Waals surface area contributed by atoms with Crippen LogP contribution in [0, 0.1) is 0 Å². The number of aliphatic hydroxyl groups excluding tert-OH is 1. The lowest BCUT2D eigenvalue weighted by atomic mass is 10.1. The highest BCUT2D eigenvalue weighted by atomic mass is 32.1. The maximum atomic E-state index is 12.0. The summed E-state index contributed by atoms with van der Waals surface area (Å²) >= 11 is 1.63. The molecule has 100 valence electrons. The number of nitrogens with zero attached hydrogens (tertiary/aromatic N) is 1. The molecule has 1 aliphatic heterocycles. The Morgan fingerprint density at radius 1 is 1.50 bits per heavy atom. The monoisotopic (exact) mass is 269 g/mol. The Kier molecular flexibility index (Phi) is 5.16. The molecule has 0 aromatic carbocycles. The topological polar surface area (TPSA) is 49.8 Å². The second-order valence-corrected chi connectivity index (χ2v) is 5.46. The fourth-order valence-corrected chi connectivity index (χ4v) is 2.86. The molecule has 0 aliphatic carbocycles. The van der Waals surface area contributed by atoms with Crippen molar-refractivity contribution < 1.29 is 14.6 Å². The van der Waals surface area contributed by atoms with Crippen molar-refractivity contribution in [1.29, 1.82) is 0 Å². The molecular formula is C13H19NO3S. The van der Waals surface area contributed by atoms with Crippen LogP contribution in [-0.4, -0.2) is 48.3 Å². The molecule has 0 spiro atoms. The van der Waals surface area contributed by atoms with Gasteiger partial charge in [0.1, 0.15) is 0 Å². The van der Waals surface area contributed by atoms with Crippen LogP contribution in [0.3, 0.4) is 0 Å². The molecule has 0 radical (unpaired) electrons. The van der Waals surface area contributed by atoms with Gasteiger partial charge in [-0.05, 0) is 24.3 Å². The van der Waals surface area contributed by atoms with E-state index in [0.29, 0.717) is 13.0 Å². The molecular weight excluding hydrogens is 250 g/mol.